The van der Waals surface area contributed by atoms with Crippen molar-refractivity contribution < 1.29 is 9.53 Å². The molecule has 1 N–H and O–H groups in total. The number of hydrogen-bond acceptors (Lipinski definition) is 4. The molecule has 1 heterocycles. The van der Waals surface area contributed by atoms with Gasteiger partial charge in [0, 0.05) is 30.6 Å². The van der Waals surface area contributed by atoms with E-state index >= 15 is 0 Å². The maximum atomic E-state index is 12.9. The number of amides is 1. The molecule has 4 rings (SSSR count). The van der Waals surface area contributed by atoms with Crippen molar-refractivity contribution in [2.24, 2.45) is 0 Å². The van der Waals surface area contributed by atoms with Crippen LogP contribution >= 0.6 is 0 Å². The molecule has 1 saturated carbocycles. The standard InChI is InChI=1S/C27H27N3O2/c28-18-20-11-16-27(29-19-20)32-24-14-12-23(13-15-24)30-26(31)17-25(21-7-3-1-4-8-21)22-9-5-2-6-10-22/h1-11,16,19,23-25H,12-15,17H2,(H,30,31). The van der Waals surface area contributed by atoms with Crippen molar-refractivity contribution >= 4 is 5.91 Å². The van der Waals surface area contributed by atoms with Gasteiger partial charge in [0.2, 0.25) is 11.8 Å². The van der Waals surface area contributed by atoms with Crippen LogP contribution in [0.5, 0.6) is 5.88 Å². The van der Waals surface area contributed by atoms with Gasteiger partial charge >= 0.3 is 0 Å². The summed E-state index contributed by atoms with van der Waals surface area (Å²) in [5.41, 5.74) is 2.83. The number of hydrogen-bond donors (Lipinski definition) is 1. The Morgan fingerprint density at radius 3 is 2.12 bits per heavy atom. The normalized spacial score (nSPS) is 18.0. The number of rotatable bonds is 7. The third-order valence-corrected chi connectivity index (χ3v) is 5.99. The largest absolute Gasteiger partial charge is 0.474 e. The van der Waals surface area contributed by atoms with Gasteiger partial charge in [-0.25, -0.2) is 4.98 Å². The Morgan fingerprint density at radius 1 is 0.969 bits per heavy atom. The zero-order valence-corrected chi connectivity index (χ0v) is 18.0. The zero-order chi connectivity index (χ0) is 22.2. The Hall–Kier alpha value is -3.65. The average molecular weight is 426 g/mol. The second kappa shape index (κ2) is 10.6. The van der Waals surface area contributed by atoms with E-state index in [2.05, 4.69) is 40.6 Å². The number of nitrogens with one attached hydrogen (secondary N) is 1. The number of nitrogens with zero attached hydrogens (tertiary/aromatic N) is 2. The van der Waals surface area contributed by atoms with Gasteiger partial charge in [-0.15, -0.1) is 0 Å². The summed E-state index contributed by atoms with van der Waals surface area (Å²) in [5, 5.41) is 12.1. The maximum Gasteiger partial charge on any atom is 0.221 e. The maximum absolute atomic E-state index is 12.9. The molecule has 0 saturated heterocycles. The summed E-state index contributed by atoms with van der Waals surface area (Å²) < 4.78 is 5.96. The highest BCUT2D eigenvalue weighted by atomic mass is 16.5. The van der Waals surface area contributed by atoms with Gasteiger partial charge in [-0.1, -0.05) is 60.7 Å². The molecule has 1 amide bonds. The zero-order valence-electron chi connectivity index (χ0n) is 18.0. The summed E-state index contributed by atoms with van der Waals surface area (Å²) in [6, 6.07) is 26.1. The first-order valence-electron chi connectivity index (χ1n) is 11.1. The van der Waals surface area contributed by atoms with Crippen LogP contribution in [-0.4, -0.2) is 23.0 Å². The topological polar surface area (TPSA) is 75.0 Å². The van der Waals surface area contributed by atoms with Crippen LogP contribution in [0.3, 0.4) is 0 Å². The lowest BCUT2D eigenvalue weighted by atomic mass is 9.87. The minimum Gasteiger partial charge on any atom is -0.474 e. The van der Waals surface area contributed by atoms with Crippen molar-refractivity contribution in [2.45, 2.75) is 50.2 Å². The minimum atomic E-state index is 0.0412. The molecule has 2 aromatic carbocycles. The first kappa shape index (κ1) is 21.6. The molecule has 1 aliphatic rings. The molecule has 0 atom stereocenters. The Bertz CT molecular complexity index is 998. The Balaban J connectivity index is 1.30. The fourth-order valence-electron chi connectivity index (χ4n) is 4.28. The summed E-state index contributed by atoms with van der Waals surface area (Å²) in [6.07, 6.45) is 5.55. The fraction of sp³-hybridized carbons (Fsp3) is 0.296. The number of ether oxygens (including phenoxy) is 1. The molecule has 1 fully saturated rings. The average Bonchev–Trinajstić information content (AvgIpc) is 2.85. The van der Waals surface area contributed by atoms with Gasteiger partial charge in [-0.3, -0.25) is 4.79 Å². The van der Waals surface area contributed by atoms with E-state index in [4.69, 9.17) is 10.00 Å². The molecular formula is C27H27N3O2. The van der Waals surface area contributed by atoms with Crippen molar-refractivity contribution in [1.29, 1.82) is 5.26 Å². The van der Waals surface area contributed by atoms with Crippen molar-refractivity contribution in [3.05, 3.63) is 95.7 Å². The van der Waals surface area contributed by atoms with Crippen molar-refractivity contribution in [3.63, 3.8) is 0 Å². The molecule has 1 aromatic heterocycles. The van der Waals surface area contributed by atoms with Gasteiger partial charge in [0.15, 0.2) is 0 Å². The number of carbonyl (C=O) groups excluding carboxylic acids is 1. The molecule has 32 heavy (non-hydrogen) atoms. The highest BCUT2D eigenvalue weighted by Gasteiger charge is 2.25. The molecule has 1 aliphatic carbocycles. The van der Waals surface area contributed by atoms with Crippen molar-refractivity contribution in [2.75, 3.05) is 0 Å². The van der Waals surface area contributed by atoms with Crippen molar-refractivity contribution in [1.82, 2.24) is 10.3 Å². The molecule has 0 unspecified atom stereocenters. The van der Waals surface area contributed by atoms with Crippen LogP contribution in [0.4, 0.5) is 0 Å². The van der Waals surface area contributed by atoms with Crippen LogP contribution in [0, 0.1) is 11.3 Å². The van der Waals surface area contributed by atoms with Gasteiger partial charge in [0.05, 0.1) is 5.56 Å². The van der Waals surface area contributed by atoms with E-state index in [1.54, 1.807) is 12.1 Å². The van der Waals surface area contributed by atoms with E-state index in [9.17, 15) is 4.79 Å². The smallest absolute Gasteiger partial charge is 0.221 e. The molecule has 5 nitrogen and oxygen atoms in total. The first-order valence-corrected chi connectivity index (χ1v) is 11.1. The van der Waals surface area contributed by atoms with Crippen LogP contribution in [0.25, 0.3) is 0 Å². The molecule has 0 aliphatic heterocycles. The molecule has 0 bridgehead atoms. The summed E-state index contributed by atoms with van der Waals surface area (Å²) in [4.78, 5) is 17.1. The number of pyridine rings is 1. The van der Waals surface area contributed by atoms with Crippen LogP contribution < -0.4 is 10.1 Å². The SMILES string of the molecule is N#Cc1ccc(OC2CCC(NC(=O)CC(c3ccccc3)c3ccccc3)CC2)nc1. The second-order valence-corrected chi connectivity index (χ2v) is 8.23. The quantitative estimate of drug-likeness (QED) is 0.579. The minimum absolute atomic E-state index is 0.0412. The van der Waals surface area contributed by atoms with E-state index in [0.717, 1.165) is 36.8 Å². The van der Waals surface area contributed by atoms with Crippen LogP contribution in [0.1, 0.15) is 54.7 Å². The van der Waals surface area contributed by atoms with Crippen LogP contribution in [0.2, 0.25) is 0 Å². The van der Waals surface area contributed by atoms with E-state index in [-0.39, 0.29) is 24.0 Å². The lowest BCUT2D eigenvalue weighted by molar-refractivity contribution is -0.122. The first-order chi connectivity index (χ1) is 15.7. The molecule has 3 aromatic rings. The van der Waals surface area contributed by atoms with E-state index in [1.807, 2.05) is 36.4 Å². The highest BCUT2D eigenvalue weighted by molar-refractivity contribution is 5.78. The number of aromatic nitrogens is 1. The molecular weight excluding hydrogens is 398 g/mol. The van der Waals surface area contributed by atoms with Gasteiger partial charge in [0.1, 0.15) is 12.2 Å². The Labute approximate surface area is 189 Å². The summed E-state index contributed by atoms with van der Waals surface area (Å²) >= 11 is 0. The lowest BCUT2D eigenvalue weighted by Gasteiger charge is -2.29. The van der Waals surface area contributed by atoms with E-state index < -0.39 is 0 Å². The van der Waals surface area contributed by atoms with Crippen LogP contribution in [0.15, 0.2) is 79.0 Å². The fourth-order valence-corrected chi connectivity index (χ4v) is 4.28. The van der Waals surface area contributed by atoms with E-state index in [1.165, 1.54) is 6.20 Å². The molecule has 162 valence electrons. The molecule has 5 heteroatoms. The number of carbonyl (C=O) groups is 1. The van der Waals surface area contributed by atoms with E-state index in [0.29, 0.717) is 17.9 Å². The predicted octanol–water partition coefficient (Wildman–Crippen LogP) is 4.98. The van der Waals surface area contributed by atoms with Gasteiger partial charge in [-0.2, -0.15) is 5.26 Å². The second-order valence-electron chi connectivity index (χ2n) is 8.23. The third kappa shape index (κ3) is 5.73. The number of nitriles is 1. The van der Waals surface area contributed by atoms with Gasteiger partial charge in [-0.05, 0) is 42.9 Å². The Kier molecular flexibility index (Phi) is 7.14. The van der Waals surface area contributed by atoms with Crippen molar-refractivity contribution in [3.8, 4) is 11.9 Å². The molecule has 0 radical (unpaired) electrons. The molecule has 0 spiro atoms. The lowest BCUT2D eigenvalue weighted by Crippen LogP contribution is -2.40. The number of benzene rings is 2. The monoisotopic (exact) mass is 425 g/mol. The highest BCUT2D eigenvalue weighted by Crippen LogP contribution is 2.28. The summed E-state index contributed by atoms with van der Waals surface area (Å²) in [7, 11) is 0. The third-order valence-electron chi connectivity index (χ3n) is 5.99. The summed E-state index contributed by atoms with van der Waals surface area (Å²) in [6.45, 7) is 0. The predicted molar refractivity (Wildman–Crippen MR) is 123 cm³/mol. The van der Waals surface area contributed by atoms with Gasteiger partial charge in [0.25, 0.3) is 0 Å². The van der Waals surface area contributed by atoms with Gasteiger partial charge < -0.3 is 10.1 Å². The van der Waals surface area contributed by atoms with Crippen LogP contribution in [-0.2, 0) is 4.79 Å². The summed E-state index contributed by atoms with van der Waals surface area (Å²) in [5.74, 6) is 0.672. The Morgan fingerprint density at radius 2 is 1.59 bits per heavy atom.